The summed E-state index contributed by atoms with van der Waals surface area (Å²) < 4.78 is 46.3. The summed E-state index contributed by atoms with van der Waals surface area (Å²) in [5.41, 5.74) is 5.65. The lowest BCUT2D eigenvalue weighted by atomic mass is 9.85. The first-order valence-electron chi connectivity index (χ1n) is 10.1. The fourth-order valence-electron chi connectivity index (χ4n) is 4.28. The molecule has 3 atom stereocenters. The number of carbonyl (C=O) groups is 1. The number of ether oxygens (including phenoxy) is 1. The third-order valence-electron chi connectivity index (χ3n) is 6.00. The molecular weight excluding hydrogens is 453 g/mol. The molecule has 33 heavy (non-hydrogen) atoms. The van der Waals surface area contributed by atoms with Gasteiger partial charge in [0, 0.05) is 17.2 Å². The van der Waals surface area contributed by atoms with Crippen LogP contribution in [0.2, 0.25) is 0 Å². The zero-order valence-corrected chi connectivity index (χ0v) is 18.7. The summed E-state index contributed by atoms with van der Waals surface area (Å²) in [5, 5.41) is 2.68. The van der Waals surface area contributed by atoms with Crippen LogP contribution in [0.4, 0.5) is 18.9 Å². The molecule has 1 amide bonds. The molecule has 1 aliphatic heterocycles. The molecule has 1 saturated carbocycles. The summed E-state index contributed by atoms with van der Waals surface area (Å²) in [6.45, 7) is 3.36. The fourth-order valence-corrected chi connectivity index (χ4v) is 5.61. The van der Waals surface area contributed by atoms with Crippen molar-refractivity contribution >= 4 is 28.5 Å². The van der Waals surface area contributed by atoms with Gasteiger partial charge in [0.1, 0.15) is 23.9 Å². The van der Waals surface area contributed by atoms with Gasteiger partial charge in [0.15, 0.2) is 5.17 Å². The lowest BCUT2D eigenvalue weighted by Gasteiger charge is -2.34. The Morgan fingerprint density at radius 1 is 1.45 bits per heavy atom. The summed E-state index contributed by atoms with van der Waals surface area (Å²) in [5.74, 6) is 1.06. The third kappa shape index (κ3) is 4.02. The van der Waals surface area contributed by atoms with Crippen LogP contribution >= 0.6 is 11.8 Å². The van der Waals surface area contributed by atoms with Crippen LogP contribution in [0.5, 0.6) is 5.75 Å². The number of aromatic nitrogens is 1. The highest BCUT2D eigenvalue weighted by Gasteiger charge is 2.71. The highest BCUT2D eigenvalue weighted by Crippen LogP contribution is 2.68. The molecule has 2 aliphatic rings. The monoisotopic (exact) mass is 474 g/mol. The predicted molar refractivity (Wildman–Crippen MR) is 121 cm³/mol. The Morgan fingerprint density at radius 2 is 2.21 bits per heavy atom. The average molecular weight is 475 g/mol. The molecule has 4 rings (SSSR count). The van der Waals surface area contributed by atoms with Gasteiger partial charge in [-0.05, 0) is 50.1 Å². The minimum Gasteiger partial charge on any atom is -0.479 e. The minimum atomic E-state index is -2.62. The maximum atomic E-state index is 14.9. The molecule has 0 bridgehead atoms. The number of benzene rings is 1. The van der Waals surface area contributed by atoms with E-state index in [0.717, 1.165) is 11.8 Å². The molecule has 172 valence electrons. The van der Waals surface area contributed by atoms with E-state index in [2.05, 4.69) is 21.2 Å². The number of aryl methyl sites for hydroxylation is 1. The van der Waals surface area contributed by atoms with E-state index in [9.17, 15) is 18.0 Å². The number of terminal acetylenes is 1. The zero-order valence-electron chi connectivity index (χ0n) is 17.9. The van der Waals surface area contributed by atoms with Gasteiger partial charge >= 0.3 is 0 Å². The number of nitrogens with one attached hydrogen (secondary N) is 1. The molecule has 6 nitrogen and oxygen atoms in total. The standard InChI is InChI=1S/C23H21F3N4O2S/c1-4-7-32-14-8-12(2)18(28-11-14)19(31)29-13-5-6-16(24)15(9-13)22(3)17-10-23(17,20(25)26)33-21(27)30-22/h1,5-6,8-9,11,17,20H,7,10H2,2-3H3,(H2,27,30)(H,29,31)/t17-,22+,23-/m0/s1. The van der Waals surface area contributed by atoms with Crippen LogP contribution in [0, 0.1) is 31.0 Å². The largest absolute Gasteiger partial charge is 0.479 e. The van der Waals surface area contributed by atoms with Gasteiger partial charge in [-0.1, -0.05) is 17.7 Å². The Kier molecular flexibility index (Phi) is 5.78. The van der Waals surface area contributed by atoms with Crippen molar-refractivity contribution in [1.29, 1.82) is 0 Å². The number of nitrogens with two attached hydrogens (primary N) is 1. The number of hydrogen-bond acceptors (Lipinski definition) is 6. The number of thioether (sulfide) groups is 1. The SMILES string of the molecule is C#CCOc1cnc(C(=O)Nc2ccc(F)c([C@@]3(C)N=C(N)S[C@@]4(C(F)F)C[C@@H]34)c2)c(C)c1. The van der Waals surface area contributed by atoms with Gasteiger partial charge in [-0.3, -0.25) is 9.79 Å². The molecule has 2 aromatic rings. The number of anilines is 1. The highest BCUT2D eigenvalue weighted by atomic mass is 32.2. The number of amides is 1. The van der Waals surface area contributed by atoms with E-state index in [-0.39, 0.29) is 35.1 Å². The van der Waals surface area contributed by atoms with Crippen molar-refractivity contribution in [3.63, 3.8) is 0 Å². The van der Waals surface area contributed by atoms with Crippen LogP contribution in [0.15, 0.2) is 35.5 Å². The van der Waals surface area contributed by atoms with Gasteiger partial charge in [0.05, 0.1) is 16.5 Å². The van der Waals surface area contributed by atoms with Crippen LogP contribution < -0.4 is 15.8 Å². The first-order valence-corrected chi connectivity index (χ1v) is 10.9. The van der Waals surface area contributed by atoms with Crippen molar-refractivity contribution in [2.24, 2.45) is 16.6 Å². The third-order valence-corrected chi connectivity index (χ3v) is 7.31. The van der Waals surface area contributed by atoms with Crippen molar-refractivity contribution < 1.29 is 22.7 Å². The fraction of sp³-hybridized carbons (Fsp3) is 0.348. The van der Waals surface area contributed by atoms with Crippen molar-refractivity contribution in [2.75, 3.05) is 11.9 Å². The molecule has 3 N–H and O–H groups in total. The lowest BCUT2D eigenvalue weighted by Crippen LogP contribution is -2.38. The Morgan fingerprint density at radius 3 is 2.88 bits per heavy atom. The van der Waals surface area contributed by atoms with Crippen LogP contribution in [0.3, 0.4) is 0 Å². The first-order chi connectivity index (χ1) is 15.6. The molecule has 1 aromatic heterocycles. The van der Waals surface area contributed by atoms with Crippen LogP contribution in [0.25, 0.3) is 0 Å². The van der Waals surface area contributed by atoms with E-state index in [1.165, 1.54) is 24.4 Å². The first kappa shape index (κ1) is 23.0. The molecule has 0 spiro atoms. The summed E-state index contributed by atoms with van der Waals surface area (Å²) in [6, 6.07) is 5.60. The number of carbonyl (C=O) groups excluding carboxylic acids is 1. The number of pyridine rings is 1. The molecule has 1 fully saturated rings. The van der Waals surface area contributed by atoms with E-state index in [0.29, 0.717) is 11.3 Å². The number of nitrogens with zero attached hydrogens (tertiary/aromatic N) is 2. The summed E-state index contributed by atoms with van der Waals surface area (Å²) in [7, 11) is 0. The van der Waals surface area contributed by atoms with Crippen molar-refractivity contribution in [3.8, 4) is 18.1 Å². The van der Waals surface area contributed by atoms with Gasteiger partial charge < -0.3 is 15.8 Å². The van der Waals surface area contributed by atoms with Gasteiger partial charge in [-0.2, -0.15) is 0 Å². The van der Waals surface area contributed by atoms with Gasteiger partial charge in [-0.25, -0.2) is 18.2 Å². The minimum absolute atomic E-state index is 0.00708. The molecule has 0 unspecified atom stereocenters. The molecule has 1 aliphatic carbocycles. The van der Waals surface area contributed by atoms with Crippen molar-refractivity contribution in [2.45, 2.75) is 37.0 Å². The summed E-state index contributed by atoms with van der Waals surface area (Å²) in [4.78, 5) is 21.3. The van der Waals surface area contributed by atoms with Crippen molar-refractivity contribution in [3.05, 3.63) is 53.1 Å². The van der Waals surface area contributed by atoms with E-state index in [4.69, 9.17) is 16.9 Å². The number of halogens is 3. The number of fused-ring (bicyclic) bond motifs is 1. The molecule has 2 heterocycles. The zero-order chi connectivity index (χ0) is 24.0. The van der Waals surface area contributed by atoms with Gasteiger partial charge in [0.2, 0.25) is 0 Å². The Hall–Kier alpha value is -3.19. The number of amidine groups is 1. The Balaban J connectivity index is 1.61. The molecule has 0 radical (unpaired) electrons. The van der Waals surface area contributed by atoms with Crippen LogP contribution in [-0.2, 0) is 5.54 Å². The average Bonchev–Trinajstić information content (AvgIpc) is 3.50. The van der Waals surface area contributed by atoms with Crippen LogP contribution in [0.1, 0.15) is 35.0 Å². The number of rotatable bonds is 6. The van der Waals surface area contributed by atoms with E-state index in [1.54, 1.807) is 19.9 Å². The maximum Gasteiger partial charge on any atom is 0.274 e. The second-order valence-electron chi connectivity index (χ2n) is 8.19. The normalized spacial score (nSPS) is 25.6. The van der Waals surface area contributed by atoms with E-state index >= 15 is 0 Å². The molecular formula is C23H21F3N4O2S. The van der Waals surface area contributed by atoms with Crippen LogP contribution in [-0.4, -0.2) is 33.8 Å². The smallest absolute Gasteiger partial charge is 0.274 e. The number of alkyl halides is 2. The second kappa shape index (κ2) is 8.30. The summed E-state index contributed by atoms with van der Waals surface area (Å²) in [6.07, 6.45) is 4.10. The predicted octanol–water partition coefficient (Wildman–Crippen LogP) is 4.09. The molecule has 10 heteroatoms. The number of aliphatic imine (C=N–C) groups is 1. The van der Waals surface area contributed by atoms with E-state index in [1.807, 2.05) is 0 Å². The Bertz CT molecular complexity index is 1200. The highest BCUT2D eigenvalue weighted by molar-refractivity contribution is 8.15. The number of hydrogen-bond donors (Lipinski definition) is 2. The molecule has 1 aromatic carbocycles. The molecule has 0 saturated heterocycles. The van der Waals surface area contributed by atoms with Crippen molar-refractivity contribution in [1.82, 2.24) is 4.98 Å². The van der Waals surface area contributed by atoms with E-state index < -0.39 is 34.4 Å². The Labute approximate surface area is 193 Å². The maximum absolute atomic E-state index is 14.9. The summed E-state index contributed by atoms with van der Waals surface area (Å²) >= 11 is 0.850. The quantitative estimate of drug-likeness (QED) is 0.616. The lowest BCUT2D eigenvalue weighted by molar-refractivity contribution is 0.102. The second-order valence-corrected chi connectivity index (χ2v) is 9.57. The van der Waals surface area contributed by atoms with Gasteiger partial charge in [-0.15, -0.1) is 6.42 Å². The topological polar surface area (TPSA) is 89.6 Å². The van der Waals surface area contributed by atoms with Gasteiger partial charge in [0.25, 0.3) is 12.3 Å².